The molecule has 2 aromatic heterocycles. The van der Waals surface area contributed by atoms with Crippen LogP contribution in [0.1, 0.15) is 93.8 Å². The van der Waals surface area contributed by atoms with Crippen molar-refractivity contribution in [2.45, 2.75) is 103 Å². The maximum atomic E-state index is 14.0. The van der Waals surface area contributed by atoms with Gasteiger partial charge >= 0.3 is 0 Å². The number of nitrogens with one attached hydrogen (secondary N) is 1. The third kappa shape index (κ3) is 5.02. The number of furan rings is 1. The van der Waals surface area contributed by atoms with Crippen LogP contribution in [0.3, 0.4) is 0 Å². The molecule has 1 saturated heterocycles. The average Bonchev–Trinajstić information content (AvgIpc) is 3.19. The number of amides is 2. The molecule has 0 bridgehead atoms. The summed E-state index contributed by atoms with van der Waals surface area (Å²) in [6, 6.07) is 4.03. The van der Waals surface area contributed by atoms with Gasteiger partial charge in [-0.1, -0.05) is 44.9 Å². The lowest BCUT2D eigenvalue weighted by Crippen LogP contribution is -2.65. The normalized spacial score (nSPS) is 25.2. The van der Waals surface area contributed by atoms with Crippen LogP contribution in [0, 0.1) is 6.92 Å². The maximum Gasteiger partial charge on any atom is 0.271 e. The van der Waals surface area contributed by atoms with Gasteiger partial charge in [0.15, 0.2) is 5.58 Å². The Morgan fingerprint density at radius 3 is 2.37 bits per heavy atom. The molecule has 7 nitrogen and oxygen atoms in total. The van der Waals surface area contributed by atoms with Gasteiger partial charge in [0.05, 0.1) is 12.1 Å². The van der Waals surface area contributed by atoms with Crippen molar-refractivity contribution < 1.29 is 14.0 Å². The number of hydrogen-bond donors (Lipinski definition) is 1. The third-order valence-electron chi connectivity index (χ3n) is 8.51. The summed E-state index contributed by atoms with van der Waals surface area (Å²) in [6.45, 7) is 7.88. The van der Waals surface area contributed by atoms with Crippen molar-refractivity contribution in [3.63, 3.8) is 0 Å². The highest BCUT2D eigenvalue weighted by molar-refractivity contribution is 6.03. The SMILES string of the molecule is Cc1cc2c(cc3n2CC(C)(C(=O)NC2CCCCCCC2)N(CCN2CCCCCC2)C3=O)o1. The number of nitrogens with zero attached hydrogens (tertiary/aromatic N) is 3. The first-order valence-electron chi connectivity index (χ1n) is 13.9. The molecule has 7 heteroatoms. The second kappa shape index (κ2) is 10.4. The van der Waals surface area contributed by atoms with Gasteiger partial charge in [0.2, 0.25) is 5.91 Å². The van der Waals surface area contributed by atoms with E-state index in [1.54, 1.807) is 0 Å². The number of aromatic nitrogens is 1. The number of aryl methyl sites for hydroxylation is 1. The van der Waals surface area contributed by atoms with Crippen LogP contribution in [0.15, 0.2) is 16.5 Å². The minimum atomic E-state index is -0.935. The summed E-state index contributed by atoms with van der Waals surface area (Å²) in [5.41, 5.74) is 1.33. The fourth-order valence-corrected chi connectivity index (χ4v) is 6.35. The van der Waals surface area contributed by atoms with Gasteiger partial charge in [-0.05, 0) is 52.6 Å². The molecule has 3 aliphatic rings. The molecular weight excluding hydrogens is 440 g/mol. The van der Waals surface area contributed by atoms with Crippen molar-refractivity contribution in [1.82, 2.24) is 19.7 Å². The zero-order valence-corrected chi connectivity index (χ0v) is 21.6. The number of fused-ring (bicyclic) bond motifs is 3. The van der Waals surface area contributed by atoms with Gasteiger partial charge in [-0.2, -0.15) is 0 Å². The first-order chi connectivity index (χ1) is 17.0. The molecule has 2 aromatic rings. The Labute approximate surface area is 209 Å². The highest BCUT2D eigenvalue weighted by atomic mass is 16.3. The van der Waals surface area contributed by atoms with E-state index in [0.29, 0.717) is 18.8 Å². The van der Waals surface area contributed by atoms with Gasteiger partial charge in [-0.15, -0.1) is 0 Å². The molecule has 1 atom stereocenters. The molecule has 1 aliphatic carbocycles. The highest BCUT2D eigenvalue weighted by Gasteiger charge is 2.48. The molecule has 4 heterocycles. The number of rotatable bonds is 5. The van der Waals surface area contributed by atoms with E-state index >= 15 is 0 Å². The van der Waals surface area contributed by atoms with Crippen LogP contribution >= 0.6 is 0 Å². The largest absolute Gasteiger partial charge is 0.460 e. The van der Waals surface area contributed by atoms with E-state index in [1.807, 2.05) is 35.4 Å². The molecule has 5 rings (SSSR count). The van der Waals surface area contributed by atoms with E-state index in [2.05, 4.69) is 10.2 Å². The van der Waals surface area contributed by atoms with Gasteiger partial charge in [-0.3, -0.25) is 9.59 Å². The Morgan fingerprint density at radius 2 is 1.66 bits per heavy atom. The molecule has 1 saturated carbocycles. The summed E-state index contributed by atoms with van der Waals surface area (Å²) in [5.74, 6) is 0.743. The molecule has 0 aromatic carbocycles. The summed E-state index contributed by atoms with van der Waals surface area (Å²) in [6.07, 6.45) is 13.2. The Kier molecular flexibility index (Phi) is 7.24. The zero-order chi connectivity index (χ0) is 24.4. The molecule has 2 fully saturated rings. The Hall–Kier alpha value is -2.28. The summed E-state index contributed by atoms with van der Waals surface area (Å²) in [7, 11) is 0. The number of hydrogen-bond acceptors (Lipinski definition) is 4. The van der Waals surface area contributed by atoms with E-state index in [9.17, 15) is 9.59 Å². The maximum absolute atomic E-state index is 14.0. The van der Waals surface area contributed by atoms with Gasteiger partial charge in [0.25, 0.3) is 5.91 Å². The molecular formula is C28H42N4O3. The zero-order valence-electron chi connectivity index (χ0n) is 21.6. The van der Waals surface area contributed by atoms with Crippen LogP contribution in [0.2, 0.25) is 0 Å². The second-order valence-electron chi connectivity index (χ2n) is 11.2. The molecule has 0 radical (unpaired) electrons. The van der Waals surface area contributed by atoms with Gasteiger partial charge in [0.1, 0.15) is 17.0 Å². The summed E-state index contributed by atoms with van der Waals surface area (Å²) >= 11 is 0. The van der Waals surface area contributed by atoms with Crippen molar-refractivity contribution in [2.24, 2.45) is 0 Å². The lowest BCUT2D eigenvalue weighted by atomic mass is 9.92. The Morgan fingerprint density at radius 1 is 1.00 bits per heavy atom. The van der Waals surface area contributed by atoms with Gasteiger partial charge in [-0.25, -0.2) is 0 Å². The van der Waals surface area contributed by atoms with E-state index in [-0.39, 0.29) is 17.9 Å². The van der Waals surface area contributed by atoms with Crippen molar-refractivity contribution >= 4 is 22.9 Å². The monoisotopic (exact) mass is 482 g/mol. The minimum Gasteiger partial charge on any atom is -0.460 e. The van der Waals surface area contributed by atoms with Crippen LogP contribution in [-0.4, -0.2) is 63.9 Å². The first kappa shape index (κ1) is 24.4. The van der Waals surface area contributed by atoms with Crippen LogP contribution in [0.4, 0.5) is 0 Å². The number of carbonyl (C=O) groups is 2. The lowest BCUT2D eigenvalue weighted by molar-refractivity contribution is -0.133. The fourth-order valence-electron chi connectivity index (χ4n) is 6.35. The smallest absolute Gasteiger partial charge is 0.271 e. The quantitative estimate of drug-likeness (QED) is 0.661. The van der Waals surface area contributed by atoms with Gasteiger partial charge < -0.3 is 24.1 Å². The van der Waals surface area contributed by atoms with Crippen molar-refractivity contribution in [1.29, 1.82) is 0 Å². The topological polar surface area (TPSA) is 70.7 Å². The van der Waals surface area contributed by atoms with Crippen molar-refractivity contribution in [3.05, 3.63) is 23.6 Å². The fraction of sp³-hybridized carbons (Fsp3) is 0.714. The van der Waals surface area contributed by atoms with Crippen molar-refractivity contribution in [2.75, 3.05) is 26.2 Å². The van der Waals surface area contributed by atoms with Crippen LogP contribution < -0.4 is 5.32 Å². The Balaban J connectivity index is 1.41. The van der Waals surface area contributed by atoms with E-state index in [0.717, 1.165) is 62.2 Å². The van der Waals surface area contributed by atoms with E-state index in [4.69, 9.17) is 4.42 Å². The van der Waals surface area contributed by atoms with E-state index < -0.39 is 5.54 Å². The molecule has 192 valence electrons. The van der Waals surface area contributed by atoms with Gasteiger partial charge in [0, 0.05) is 31.3 Å². The Bertz CT molecular complexity index is 1040. The predicted octanol–water partition coefficient (Wildman–Crippen LogP) is 4.86. The molecule has 2 amide bonds. The van der Waals surface area contributed by atoms with Crippen molar-refractivity contribution in [3.8, 4) is 0 Å². The third-order valence-corrected chi connectivity index (χ3v) is 8.51. The van der Waals surface area contributed by atoms with Crippen LogP contribution in [-0.2, 0) is 11.3 Å². The predicted molar refractivity (Wildman–Crippen MR) is 138 cm³/mol. The molecule has 1 N–H and O–H groups in total. The number of likely N-dealkylation sites (tertiary alicyclic amines) is 1. The summed E-state index contributed by atoms with van der Waals surface area (Å²) in [5, 5.41) is 3.39. The van der Waals surface area contributed by atoms with Crippen LogP contribution in [0.5, 0.6) is 0 Å². The molecule has 1 unspecified atom stereocenters. The van der Waals surface area contributed by atoms with Crippen LogP contribution in [0.25, 0.3) is 11.1 Å². The highest BCUT2D eigenvalue weighted by Crippen LogP contribution is 2.34. The minimum absolute atomic E-state index is 0.0139. The second-order valence-corrected chi connectivity index (χ2v) is 11.2. The summed E-state index contributed by atoms with van der Waals surface area (Å²) in [4.78, 5) is 32.2. The number of carbonyl (C=O) groups excluding carboxylic acids is 2. The standard InChI is InChI=1S/C28H42N4O3/c1-21-18-23-25(35-21)19-24-26(33)32(17-16-30-14-10-6-7-11-15-30)28(2,20-31(23)24)27(34)29-22-12-8-4-3-5-9-13-22/h18-19,22H,3-17,20H2,1-2H3,(H,29,34). The average molecular weight is 483 g/mol. The van der Waals surface area contributed by atoms with E-state index in [1.165, 1.54) is 44.9 Å². The first-order valence-corrected chi connectivity index (χ1v) is 13.9. The summed E-state index contributed by atoms with van der Waals surface area (Å²) < 4.78 is 7.86. The molecule has 35 heavy (non-hydrogen) atoms. The lowest BCUT2D eigenvalue weighted by Gasteiger charge is -2.45. The molecule has 2 aliphatic heterocycles. The molecule has 0 spiro atoms.